The van der Waals surface area contributed by atoms with Gasteiger partial charge in [-0.1, -0.05) is 31.2 Å². The van der Waals surface area contributed by atoms with E-state index in [1.807, 2.05) is 13.0 Å². The maximum Gasteiger partial charge on any atom is 0.198 e. The second kappa shape index (κ2) is 4.35. The minimum absolute atomic E-state index is 0.0708. The predicted molar refractivity (Wildman–Crippen MR) is 73.8 cm³/mol. The molecule has 0 aliphatic heterocycles. The van der Waals surface area contributed by atoms with Crippen molar-refractivity contribution in [2.75, 3.05) is 0 Å². The molecule has 1 aliphatic carbocycles. The van der Waals surface area contributed by atoms with Crippen molar-refractivity contribution in [1.82, 2.24) is 4.98 Å². The van der Waals surface area contributed by atoms with E-state index in [0.29, 0.717) is 16.7 Å². The van der Waals surface area contributed by atoms with Gasteiger partial charge in [-0.3, -0.25) is 9.78 Å². The van der Waals surface area contributed by atoms with E-state index < -0.39 is 0 Å². The lowest BCUT2D eigenvalue weighted by Gasteiger charge is -2.07. The fourth-order valence-corrected chi connectivity index (χ4v) is 2.47. The zero-order valence-electron chi connectivity index (χ0n) is 10.6. The van der Waals surface area contributed by atoms with Crippen molar-refractivity contribution in [3.05, 3.63) is 65.0 Å². The lowest BCUT2D eigenvalue weighted by atomic mass is 9.97. The summed E-state index contributed by atoms with van der Waals surface area (Å²) in [6.45, 7) is 2.00. The number of pyridine rings is 1. The SMILES string of the molecule is CCc1cnccc1C1=C(O)c2ccccc2C1=O. The normalized spacial score (nSPS) is 13.8. The molecule has 0 radical (unpaired) electrons. The first-order chi connectivity index (χ1) is 9.24. The summed E-state index contributed by atoms with van der Waals surface area (Å²) in [5.74, 6) is -0.0458. The van der Waals surface area contributed by atoms with Gasteiger partial charge in [0.25, 0.3) is 0 Å². The number of carbonyl (C=O) groups is 1. The van der Waals surface area contributed by atoms with E-state index in [9.17, 15) is 9.90 Å². The van der Waals surface area contributed by atoms with Crippen molar-refractivity contribution in [3.63, 3.8) is 0 Å². The van der Waals surface area contributed by atoms with Gasteiger partial charge in [-0.2, -0.15) is 0 Å². The molecule has 0 unspecified atom stereocenters. The summed E-state index contributed by atoms with van der Waals surface area (Å²) in [5, 5.41) is 10.3. The monoisotopic (exact) mass is 251 g/mol. The van der Waals surface area contributed by atoms with Gasteiger partial charge in [0.05, 0.1) is 5.57 Å². The van der Waals surface area contributed by atoms with E-state index in [1.165, 1.54) is 0 Å². The molecule has 94 valence electrons. The number of Topliss-reactive ketones (excluding diaryl/α,β-unsaturated/α-hetero) is 1. The average molecular weight is 251 g/mol. The van der Waals surface area contributed by atoms with Crippen molar-refractivity contribution >= 4 is 17.1 Å². The first-order valence-electron chi connectivity index (χ1n) is 6.24. The molecule has 2 aromatic rings. The van der Waals surface area contributed by atoms with Gasteiger partial charge in [-0.05, 0) is 23.6 Å². The van der Waals surface area contributed by atoms with Crippen LogP contribution in [0, 0.1) is 0 Å². The molecular weight excluding hydrogens is 238 g/mol. The largest absolute Gasteiger partial charge is 0.507 e. The van der Waals surface area contributed by atoms with Crippen LogP contribution in [-0.4, -0.2) is 15.9 Å². The number of benzene rings is 1. The molecular formula is C16H13NO2. The Kier molecular flexibility index (Phi) is 2.67. The Bertz CT molecular complexity index is 701. The second-order valence-electron chi connectivity index (χ2n) is 4.48. The molecule has 0 amide bonds. The van der Waals surface area contributed by atoms with E-state index >= 15 is 0 Å². The molecule has 0 spiro atoms. The summed E-state index contributed by atoms with van der Waals surface area (Å²) in [5.41, 5.74) is 3.30. The third-order valence-corrected chi connectivity index (χ3v) is 3.44. The van der Waals surface area contributed by atoms with Gasteiger partial charge >= 0.3 is 0 Å². The summed E-state index contributed by atoms with van der Waals surface area (Å²) < 4.78 is 0. The number of rotatable bonds is 2. The highest BCUT2D eigenvalue weighted by atomic mass is 16.3. The van der Waals surface area contributed by atoms with Gasteiger partial charge in [-0.25, -0.2) is 0 Å². The third kappa shape index (κ3) is 1.66. The molecule has 0 fully saturated rings. The van der Waals surface area contributed by atoms with Gasteiger partial charge in [0.15, 0.2) is 5.78 Å². The standard InChI is InChI=1S/C16H13NO2/c1-2-10-9-17-8-7-11(10)14-15(18)12-5-3-4-6-13(12)16(14)19/h3-9,18H,2H2,1H3. The van der Waals surface area contributed by atoms with Crippen LogP contribution >= 0.6 is 0 Å². The highest BCUT2D eigenvalue weighted by Gasteiger charge is 2.31. The van der Waals surface area contributed by atoms with Gasteiger partial charge in [-0.15, -0.1) is 0 Å². The number of aromatic nitrogens is 1. The first-order valence-corrected chi connectivity index (χ1v) is 6.24. The highest BCUT2D eigenvalue weighted by molar-refractivity contribution is 6.39. The van der Waals surface area contributed by atoms with Gasteiger partial charge in [0.1, 0.15) is 5.76 Å². The molecule has 3 nitrogen and oxygen atoms in total. The molecule has 1 aromatic carbocycles. The second-order valence-corrected chi connectivity index (χ2v) is 4.48. The summed E-state index contributed by atoms with van der Waals surface area (Å²) in [4.78, 5) is 16.5. The number of hydrogen-bond acceptors (Lipinski definition) is 3. The summed E-state index contributed by atoms with van der Waals surface area (Å²) in [6.07, 6.45) is 4.15. The lowest BCUT2D eigenvalue weighted by Crippen LogP contribution is -2.01. The molecule has 0 saturated carbocycles. The van der Waals surface area contributed by atoms with E-state index in [-0.39, 0.29) is 11.5 Å². The summed E-state index contributed by atoms with van der Waals surface area (Å²) in [7, 11) is 0. The van der Waals surface area contributed by atoms with Crippen molar-refractivity contribution in [2.24, 2.45) is 0 Å². The van der Waals surface area contributed by atoms with Crippen molar-refractivity contribution < 1.29 is 9.90 Å². The van der Waals surface area contributed by atoms with E-state index in [1.54, 1.807) is 36.7 Å². The molecule has 1 N–H and O–H groups in total. The predicted octanol–water partition coefficient (Wildman–Crippen LogP) is 3.27. The number of fused-ring (bicyclic) bond motifs is 1. The zero-order chi connectivity index (χ0) is 13.4. The molecule has 19 heavy (non-hydrogen) atoms. The Labute approximate surface area is 111 Å². The molecule has 3 heteroatoms. The Morgan fingerprint density at radius 3 is 2.53 bits per heavy atom. The minimum Gasteiger partial charge on any atom is -0.507 e. The lowest BCUT2D eigenvalue weighted by molar-refractivity contribution is 0.105. The van der Waals surface area contributed by atoms with Crippen LogP contribution in [0.15, 0.2) is 42.7 Å². The number of allylic oxidation sites excluding steroid dienone is 1. The maximum atomic E-state index is 12.4. The van der Waals surface area contributed by atoms with E-state index in [2.05, 4.69) is 4.98 Å². The van der Waals surface area contributed by atoms with Crippen LogP contribution in [0.25, 0.3) is 11.3 Å². The number of nitrogens with zero attached hydrogens (tertiary/aromatic N) is 1. The average Bonchev–Trinajstić information content (AvgIpc) is 2.71. The summed E-state index contributed by atoms with van der Waals surface area (Å²) >= 11 is 0. The zero-order valence-corrected chi connectivity index (χ0v) is 10.6. The topological polar surface area (TPSA) is 50.2 Å². The number of aliphatic hydroxyl groups excluding tert-OH is 1. The molecule has 3 rings (SSSR count). The third-order valence-electron chi connectivity index (χ3n) is 3.44. The minimum atomic E-state index is -0.117. The van der Waals surface area contributed by atoms with Crippen LogP contribution in [0.3, 0.4) is 0 Å². The number of aliphatic hydroxyl groups is 1. The highest BCUT2D eigenvalue weighted by Crippen LogP contribution is 2.37. The van der Waals surface area contributed by atoms with Gasteiger partial charge < -0.3 is 5.11 Å². The molecule has 1 heterocycles. The maximum absolute atomic E-state index is 12.4. The van der Waals surface area contributed by atoms with Crippen LogP contribution in [0.5, 0.6) is 0 Å². The fourth-order valence-electron chi connectivity index (χ4n) is 2.47. The number of hydrogen-bond donors (Lipinski definition) is 1. The molecule has 1 aliphatic rings. The summed E-state index contributed by atoms with van der Waals surface area (Å²) in [6, 6.07) is 8.92. The molecule has 0 atom stereocenters. The van der Waals surface area contributed by atoms with Gasteiger partial charge in [0, 0.05) is 23.5 Å². The van der Waals surface area contributed by atoms with Crippen molar-refractivity contribution in [2.45, 2.75) is 13.3 Å². The van der Waals surface area contributed by atoms with E-state index in [4.69, 9.17) is 0 Å². The Balaban J connectivity index is 2.23. The smallest absolute Gasteiger partial charge is 0.198 e. The number of ketones is 1. The molecule has 0 bridgehead atoms. The molecule has 1 aromatic heterocycles. The Morgan fingerprint density at radius 2 is 1.84 bits per heavy atom. The van der Waals surface area contributed by atoms with Crippen molar-refractivity contribution in [1.29, 1.82) is 0 Å². The first kappa shape index (κ1) is 11.7. The quantitative estimate of drug-likeness (QED) is 0.891. The van der Waals surface area contributed by atoms with Crippen molar-refractivity contribution in [3.8, 4) is 0 Å². The fraction of sp³-hybridized carbons (Fsp3) is 0.125. The van der Waals surface area contributed by atoms with Crippen LogP contribution < -0.4 is 0 Å². The number of aryl methyl sites for hydroxylation is 1. The Hall–Kier alpha value is -2.42. The Morgan fingerprint density at radius 1 is 1.11 bits per heavy atom. The number of carbonyl (C=O) groups excluding carboxylic acids is 1. The van der Waals surface area contributed by atoms with Crippen LogP contribution in [0.2, 0.25) is 0 Å². The van der Waals surface area contributed by atoms with E-state index in [0.717, 1.165) is 17.5 Å². The van der Waals surface area contributed by atoms with Gasteiger partial charge in [0.2, 0.25) is 0 Å². The molecule has 0 saturated heterocycles. The van der Waals surface area contributed by atoms with Crippen LogP contribution in [0.1, 0.15) is 34.0 Å². The van der Waals surface area contributed by atoms with Crippen LogP contribution in [0.4, 0.5) is 0 Å². The van der Waals surface area contributed by atoms with Crippen LogP contribution in [-0.2, 0) is 6.42 Å².